The van der Waals surface area contributed by atoms with Gasteiger partial charge in [-0.15, -0.1) is 0 Å². The Bertz CT molecular complexity index is 434. The lowest BCUT2D eigenvalue weighted by molar-refractivity contribution is -0.00000371. The number of halogens is 2. The summed E-state index contributed by atoms with van der Waals surface area (Å²) in [5.74, 6) is 0.821. The molecule has 0 aliphatic heterocycles. The minimum atomic E-state index is 0. The molecule has 0 atom stereocenters. The minimum Gasteiger partial charge on any atom is -1.00 e. The molecule has 0 aromatic heterocycles. The van der Waals surface area contributed by atoms with Crippen molar-refractivity contribution in [2.75, 3.05) is 5.32 Å². The predicted octanol–water partition coefficient (Wildman–Crippen LogP) is 1.82. The summed E-state index contributed by atoms with van der Waals surface area (Å²) in [5, 5.41) is 13.0. The van der Waals surface area contributed by atoms with Crippen LogP contribution in [0.5, 0.6) is 0 Å². The SMILES string of the molecule is CC1CCC(Nc2c(Cl)cccc2[N+]#N)CC1.[Cl-]. The number of rotatable bonds is 2. The average molecular weight is 286 g/mol. The van der Waals surface area contributed by atoms with Gasteiger partial charge in [-0.2, -0.15) is 0 Å². The molecule has 1 saturated carbocycles. The van der Waals surface area contributed by atoms with E-state index in [1.54, 1.807) is 12.1 Å². The third-order valence-corrected chi connectivity index (χ3v) is 3.78. The van der Waals surface area contributed by atoms with Crippen LogP contribution in [0.1, 0.15) is 32.6 Å². The van der Waals surface area contributed by atoms with Crippen LogP contribution in [-0.2, 0) is 0 Å². The van der Waals surface area contributed by atoms with E-state index in [4.69, 9.17) is 17.0 Å². The van der Waals surface area contributed by atoms with E-state index in [9.17, 15) is 0 Å². The fourth-order valence-electron chi connectivity index (χ4n) is 2.35. The molecule has 1 aliphatic carbocycles. The molecule has 1 aromatic rings. The standard InChI is InChI=1S/C13H17ClN3.ClH/c1-9-5-7-10(8-6-9)16-13-11(14)3-2-4-12(13)17-15;/h2-4,9-10,16H,5-8H2,1H3;1H/q+1;/p-1. The molecule has 0 amide bonds. The Hall–Kier alpha value is -0.980. The summed E-state index contributed by atoms with van der Waals surface area (Å²) in [6, 6.07) is 5.78. The van der Waals surface area contributed by atoms with Gasteiger partial charge in [-0.25, -0.2) is 0 Å². The van der Waals surface area contributed by atoms with Crippen molar-refractivity contribution in [2.24, 2.45) is 5.92 Å². The molecule has 1 aromatic carbocycles. The van der Waals surface area contributed by atoms with E-state index >= 15 is 0 Å². The maximum atomic E-state index is 8.94. The number of hydrogen-bond acceptors (Lipinski definition) is 2. The first-order valence-corrected chi connectivity index (χ1v) is 6.48. The van der Waals surface area contributed by atoms with E-state index in [1.165, 1.54) is 12.8 Å². The van der Waals surface area contributed by atoms with Crippen LogP contribution in [0.3, 0.4) is 0 Å². The lowest BCUT2D eigenvalue weighted by Crippen LogP contribution is -3.00. The fraction of sp³-hybridized carbons (Fsp3) is 0.538. The quantitative estimate of drug-likeness (QED) is 0.842. The van der Waals surface area contributed by atoms with Crippen molar-refractivity contribution < 1.29 is 12.4 Å². The second-order valence-electron chi connectivity index (χ2n) is 4.84. The molecule has 5 heteroatoms. The first-order valence-electron chi connectivity index (χ1n) is 6.11. The molecule has 18 heavy (non-hydrogen) atoms. The lowest BCUT2D eigenvalue weighted by atomic mass is 9.87. The van der Waals surface area contributed by atoms with Gasteiger partial charge in [-0.3, -0.25) is 0 Å². The topological polar surface area (TPSA) is 40.2 Å². The Morgan fingerprint density at radius 3 is 2.56 bits per heavy atom. The number of hydrogen-bond donors (Lipinski definition) is 1. The van der Waals surface area contributed by atoms with Gasteiger partial charge in [-0.05, 0) is 37.7 Å². The van der Waals surface area contributed by atoms with Crippen LogP contribution in [0, 0.1) is 11.3 Å². The first kappa shape index (κ1) is 15.1. The summed E-state index contributed by atoms with van der Waals surface area (Å²) in [6.45, 7) is 2.29. The van der Waals surface area contributed by atoms with Crippen molar-refractivity contribution in [2.45, 2.75) is 38.6 Å². The van der Waals surface area contributed by atoms with Crippen LogP contribution >= 0.6 is 11.6 Å². The van der Waals surface area contributed by atoms with Crippen molar-refractivity contribution in [3.8, 4) is 0 Å². The molecule has 0 heterocycles. The zero-order chi connectivity index (χ0) is 12.3. The Balaban J connectivity index is 0.00000162. The molecule has 2 rings (SSSR count). The molecule has 1 fully saturated rings. The minimum absolute atomic E-state index is 0. The lowest BCUT2D eigenvalue weighted by Gasteiger charge is -2.27. The first-order chi connectivity index (χ1) is 8.20. The molecule has 0 radical (unpaired) electrons. The molecular formula is C13H17Cl2N3. The van der Waals surface area contributed by atoms with Gasteiger partial charge in [0.25, 0.3) is 0 Å². The van der Waals surface area contributed by atoms with Crippen molar-refractivity contribution in [1.29, 1.82) is 5.39 Å². The van der Waals surface area contributed by atoms with E-state index in [-0.39, 0.29) is 12.4 Å². The molecule has 0 spiro atoms. The van der Waals surface area contributed by atoms with Gasteiger partial charge in [0.1, 0.15) is 0 Å². The van der Waals surface area contributed by atoms with Gasteiger partial charge < -0.3 is 17.7 Å². The molecular weight excluding hydrogens is 269 g/mol. The van der Waals surface area contributed by atoms with Crippen molar-refractivity contribution in [3.63, 3.8) is 0 Å². The van der Waals surface area contributed by atoms with E-state index in [1.807, 2.05) is 6.07 Å². The van der Waals surface area contributed by atoms with Gasteiger partial charge in [0.15, 0.2) is 10.7 Å². The summed E-state index contributed by atoms with van der Waals surface area (Å²) in [7, 11) is 0. The van der Waals surface area contributed by atoms with Crippen LogP contribution < -0.4 is 17.7 Å². The predicted molar refractivity (Wildman–Crippen MR) is 71.2 cm³/mol. The number of nitrogens with one attached hydrogen (secondary N) is 1. The number of anilines is 1. The summed E-state index contributed by atoms with van der Waals surface area (Å²) < 4.78 is 0. The summed E-state index contributed by atoms with van der Waals surface area (Å²) in [4.78, 5) is 3.26. The van der Waals surface area contributed by atoms with E-state index in [2.05, 4.69) is 17.2 Å². The average Bonchev–Trinajstić information content (AvgIpc) is 2.34. The smallest absolute Gasteiger partial charge is 0.409 e. The molecule has 3 nitrogen and oxygen atoms in total. The zero-order valence-electron chi connectivity index (χ0n) is 10.4. The number of para-hydroxylation sites is 1. The van der Waals surface area contributed by atoms with E-state index in [0.717, 1.165) is 24.4 Å². The summed E-state index contributed by atoms with van der Waals surface area (Å²) in [6.07, 6.45) is 4.79. The van der Waals surface area contributed by atoms with Crippen LogP contribution in [0.25, 0.3) is 4.98 Å². The van der Waals surface area contributed by atoms with Crippen molar-refractivity contribution in [1.82, 2.24) is 0 Å². The second-order valence-corrected chi connectivity index (χ2v) is 5.24. The Morgan fingerprint density at radius 1 is 1.28 bits per heavy atom. The Morgan fingerprint density at radius 2 is 1.94 bits per heavy atom. The maximum Gasteiger partial charge on any atom is 0.409 e. The molecule has 0 bridgehead atoms. The van der Waals surface area contributed by atoms with Gasteiger partial charge in [0.05, 0.1) is 5.02 Å². The fourth-order valence-corrected chi connectivity index (χ4v) is 2.57. The third kappa shape index (κ3) is 3.51. The Kier molecular flexibility index (Phi) is 5.71. The largest absolute Gasteiger partial charge is 1.00 e. The van der Waals surface area contributed by atoms with Gasteiger partial charge in [-0.1, -0.05) is 24.6 Å². The zero-order valence-corrected chi connectivity index (χ0v) is 11.9. The summed E-state index contributed by atoms with van der Waals surface area (Å²) >= 11 is 6.12. The summed E-state index contributed by atoms with van der Waals surface area (Å²) in [5.41, 5.74) is 1.26. The highest BCUT2D eigenvalue weighted by Gasteiger charge is 2.23. The van der Waals surface area contributed by atoms with Crippen molar-refractivity contribution >= 4 is 23.0 Å². The molecule has 98 valence electrons. The highest BCUT2D eigenvalue weighted by Crippen LogP contribution is 2.35. The van der Waals surface area contributed by atoms with Gasteiger partial charge in [0, 0.05) is 12.1 Å². The van der Waals surface area contributed by atoms with Crippen LogP contribution in [0.2, 0.25) is 5.02 Å². The highest BCUT2D eigenvalue weighted by molar-refractivity contribution is 6.34. The van der Waals surface area contributed by atoms with Crippen molar-refractivity contribution in [3.05, 3.63) is 28.2 Å². The normalized spacial score (nSPS) is 22.7. The maximum absolute atomic E-state index is 8.94. The van der Waals surface area contributed by atoms with E-state index in [0.29, 0.717) is 16.8 Å². The molecule has 1 N–H and O–H groups in total. The third-order valence-electron chi connectivity index (χ3n) is 3.46. The molecule has 0 unspecified atom stereocenters. The number of nitrogens with zero attached hydrogens (tertiary/aromatic N) is 2. The van der Waals surface area contributed by atoms with Gasteiger partial charge in [0.2, 0.25) is 5.39 Å². The monoisotopic (exact) mass is 285 g/mol. The Labute approximate surface area is 119 Å². The molecule has 1 aliphatic rings. The van der Waals surface area contributed by atoms with Crippen LogP contribution in [0.15, 0.2) is 18.2 Å². The van der Waals surface area contributed by atoms with Crippen LogP contribution in [-0.4, -0.2) is 6.04 Å². The number of benzene rings is 1. The molecule has 0 saturated heterocycles. The number of diazo groups is 1. The van der Waals surface area contributed by atoms with Crippen LogP contribution in [0.4, 0.5) is 11.4 Å². The second kappa shape index (κ2) is 6.82. The van der Waals surface area contributed by atoms with Gasteiger partial charge >= 0.3 is 5.69 Å². The van der Waals surface area contributed by atoms with E-state index < -0.39 is 0 Å². The highest BCUT2D eigenvalue weighted by atomic mass is 35.5.